The molecule has 0 heterocycles. The quantitative estimate of drug-likeness (QED) is 0.689. The summed E-state index contributed by atoms with van der Waals surface area (Å²) in [6, 6.07) is 14.2. The van der Waals surface area contributed by atoms with E-state index in [1.54, 1.807) is 36.2 Å². The molecule has 0 aliphatic rings. The van der Waals surface area contributed by atoms with E-state index < -0.39 is 0 Å². The summed E-state index contributed by atoms with van der Waals surface area (Å²) in [7, 11) is 1.75. The highest BCUT2D eigenvalue weighted by molar-refractivity contribution is 6.42. The Balaban J connectivity index is 2.27. The molecule has 5 heteroatoms. The van der Waals surface area contributed by atoms with Gasteiger partial charge in [-0.2, -0.15) is 0 Å². The van der Waals surface area contributed by atoms with Crippen molar-refractivity contribution in [1.29, 1.82) is 0 Å². The van der Waals surface area contributed by atoms with Crippen LogP contribution in [0.25, 0.3) is 0 Å². The number of nitrogens with zero attached hydrogens (tertiary/aromatic N) is 1. The number of benzene rings is 2. The number of amides is 1. The predicted octanol–water partition coefficient (Wildman–Crippen LogP) is 4.83. The number of aldehydes is 1. The zero-order valence-corrected chi connectivity index (χ0v) is 15.1. The van der Waals surface area contributed by atoms with Crippen molar-refractivity contribution in [1.82, 2.24) is 4.90 Å². The van der Waals surface area contributed by atoms with Crippen molar-refractivity contribution < 1.29 is 9.59 Å². The van der Waals surface area contributed by atoms with Gasteiger partial charge in [-0.15, -0.1) is 0 Å². The first-order valence-corrected chi connectivity index (χ1v) is 8.42. The van der Waals surface area contributed by atoms with Gasteiger partial charge in [0.05, 0.1) is 10.0 Å². The monoisotopic (exact) mass is 363 g/mol. The Bertz CT molecular complexity index is 719. The first-order chi connectivity index (χ1) is 11.5. The van der Waals surface area contributed by atoms with Crippen molar-refractivity contribution in [2.75, 3.05) is 7.05 Å². The first-order valence-electron chi connectivity index (χ1n) is 7.66. The summed E-state index contributed by atoms with van der Waals surface area (Å²) in [6.45, 7) is 1.93. The van der Waals surface area contributed by atoms with Crippen LogP contribution >= 0.6 is 23.2 Å². The van der Waals surface area contributed by atoms with Crippen molar-refractivity contribution in [3.63, 3.8) is 0 Å². The van der Waals surface area contributed by atoms with E-state index >= 15 is 0 Å². The van der Waals surface area contributed by atoms with Gasteiger partial charge in [0.15, 0.2) is 0 Å². The number of hydrogen-bond donors (Lipinski definition) is 0. The maximum absolute atomic E-state index is 12.6. The fourth-order valence-electron chi connectivity index (χ4n) is 2.70. The zero-order chi connectivity index (χ0) is 17.7. The third-order valence-electron chi connectivity index (χ3n) is 4.26. The van der Waals surface area contributed by atoms with Crippen molar-refractivity contribution in [2.45, 2.75) is 25.3 Å². The molecule has 0 bridgehead atoms. The summed E-state index contributed by atoms with van der Waals surface area (Å²) in [5, 5.41) is 0.904. The van der Waals surface area contributed by atoms with Crippen LogP contribution in [-0.4, -0.2) is 30.2 Å². The molecule has 2 aromatic rings. The van der Waals surface area contributed by atoms with Crippen LogP contribution in [0, 0.1) is 0 Å². The number of halogens is 2. The summed E-state index contributed by atoms with van der Waals surface area (Å²) < 4.78 is 0. The van der Waals surface area contributed by atoms with E-state index in [9.17, 15) is 9.59 Å². The molecular weight excluding hydrogens is 345 g/mol. The molecule has 2 atom stereocenters. The molecule has 0 radical (unpaired) electrons. The standard InChI is InChI=1S/C19H19Cl2NO2/c1-13(22(2)19(24)14-6-4-3-5-7-14)16(10-11-23)15-8-9-17(20)18(21)12-15/h3-9,11-13,16H,10H2,1-2H3/t13?,16-/m1/s1. The average molecular weight is 364 g/mol. The Labute approximate surface area is 152 Å². The molecule has 0 aromatic heterocycles. The van der Waals surface area contributed by atoms with Gasteiger partial charge in [-0.25, -0.2) is 0 Å². The van der Waals surface area contributed by atoms with Crippen molar-refractivity contribution in [2.24, 2.45) is 0 Å². The van der Waals surface area contributed by atoms with Gasteiger partial charge in [-0.3, -0.25) is 4.79 Å². The molecule has 0 N–H and O–H groups in total. The Hall–Kier alpha value is -1.84. The summed E-state index contributed by atoms with van der Waals surface area (Å²) >= 11 is 12.1. The number of carbonyl (C=O) groups excluding carboxylic acids is 2. The van der Waals surface area contributed by atoms with E-state index in [1.807, 2.05) is 31.2 Å². The average Bonchev–Trinajstić information content (AvgIpc) is 2.61. The topological polar surface area (TPSA) is 37.4 Å². The summed E-state index contributed by atoms with van der Waals surface area (Å²) in [4.78, 5) is 25.4. The van der Waals surface area contributed by atoms with Crippen LogP contribution in [0.15, 0.2) is 48.5 Å². The Morgan fingerprint density at radius 2 is 1.79 bits per heavy atom. The van der Waals surface area contributed by atoms with Crippen LogP contribution in [0.4, 0.5) is 0 Å². The normalized spacial score (nSPS) is 13.2. The highest BCUT2D eigenvalue weighted by Crippen LogP contribution is 2.31. The van der Waals surface area contributed by atoms with Gasteiger partial charge in [0.2, 0.25) is 0 Å². The van der Waals surface area contributed by atoms with Gasteiger partial charge < -0.3 is 9.69 Å². The highest BCUT2D eigenvalue weighted by atomic mass is 35.5. The minimum absolute atomic E-state index is 0.0842. The van der Waals surface area contributed by atoms with E-state index in [4.69, 9.17) is 23.2 Å². The van der Waals surface area contributed by atoms with E-state index in [0.717, 1.165) is 11.8 Å². The van der Waals surface area contributed by atoms with Crippen LogP contribution in [0.5, 0.6) is 0 Å². The van der Waals surface area contributed by atoms with E-state index in [-0.39, 0.29) is 17.9 Å². The van der Waals surface area contributed by atoms with Gasteiger partial charge in [-0.1, -0.05) is 47.5 Å². The predicted molar refractivity (Wildman–Crippen MR) is 97.9 cm³/mol. The van der Waals surface area contributed by atoms with Gasteiger partial charge in [0, 0.05) is 31.0 Å². The number of likely N-dealkylation sites (N-methyl/N-ethyl adjacent to an activating group) is 1. The minimum Gasteiger partial charge on any atom is -0.338 e. The molecule has 24 heavy (non-hydrogen) atoms. The fourth-order valence-corrected chi connectivity index (χ4v) is 3.00. The lowest BCUT2D eigenvalue weighted by atomic mass is 9.89. The fraction of sp³-hybridized carbons (Fsp3) is 0.263. The summed E-state index contributed by atoms with van der Waals surface area (Å²) in [6.07, 6.45) is 1.16. The molecule has 0 fully saturated rings. The van der Waals surface area contributed by atoms with Gasteiger partial charge in [0.1, 0.15) is 6.29 Å². The smallest absolute Gasteiger partial charge is 0.253 e. The van der Waals surface area contributed by atoms with Crippen molar-refractivity contribution in [3.05, 3.63) is 69.7 Å². The molecule has 3 nitrogen and oxygen atoms in total. The van der Waals surface area contributed by atoms with Crippen LogP contribution in [0.3, 0.4) is 0 Å². The molecule has 1 unspecified atom stereocenters. The molecule has 0 spiro atoms. The second kappa shape index (κ2) is 8.32. The van der Waals surface area contributed by atoms with E-state index in [1.165, 1.54) is 0 Å². The highest BCUT2D eigenvalue weighted by Gasteiger charge is 2.26. The second-order valence-electron chi connectivity index (χ2n) is 5.71. The second-order valence-corrected chi connectivity index (χ2v) is 6.52. The Kier molecular flexibility index (Phi) is 6.41. The lowest BCUT2D eigenvalue weighted by Gasteiger charge is -2.32. The molecule has 1 amide bonds. The Morgan fingerprint density at radius 3 is 2.38 bits per heavy atom. The largest absolute Gasteiger partial charge is 0.338 e. The van der Waals surface area contributed by atoms with Crippen molar-refractivity contribution >= 4 is 35.4 Å². The summed E-state index contributed by atoms with van der Waals surface area (Å²) in [5.74, 6) is -0.242. The maximum Gasteiger partial charge on any atom is 0.253 e. The summed E-state index contributed by atoms with van der Waals surface area (Å²) in [5.41, 5.74) is 1.50. The molecule has 126 valence electrons. The number of hydrogen-bond acceptors (Lipinski definition) is 2. The van der Waals surface area contributed by atoms with E-state index in [2.05, 4.69) is 0 Å². The van der Waals surface area contributed by atoms with Crippen LogP contribution < -0.4 is 0 Å². The lowest BCUT2D eigenvalue weighted by molar-refractivity contribution is -0.108. The third-order valence-corrected chi connectivity index (χ3v) is 5.00. The molecule has 0 aliphatic heterocycles. The zero-order valence-electron chi connectivity index (χ0n) is 13.6. The van der Waals surface area contributed by atoms with E-state index in [0.29, 0.717) is 22.0 Å². The molecule has 2 rings (SSSR count). The molecule has 2 aromatic carbocycles. The first kappa shape index (κ1) is 18.5. The van der Waals surface area contributed by atoms with Crippen molar-refractivity contribution in [3.8, 4) is 0 Å². The number of rotatable bonds is 6. The SMILES string of the molecule is CC([C@@H](CC=O)c1ccc(Cl)c(Cl)c1)N(C)C(=O)c1ccccc1. The maximum atomic E-state index is 12.6. The van der Waals surface area contributed by atoms with Crippen LogP contribution in [-0.2, 0) is 4.79 Å². The third kappa shape index (κ3) is 4.16. The van der Waals surface area contributed by atoms with Crippen LogP contribution in [0.2, 0.25) is 10.0 Å². The molecule has 0 aliphatic carbocycles. The number of carbonyl (C=O) groups is 2. The molecule has 0 saturated heterocycles. The van der Waals surface area contributed by atoms with Gasteiger partial charge in [0.25, 0.3) is 5.91 Å². The molecule has 0 saturated carbocycles. The Morgan fingerprint density at radius 1 is 1.12 bits per heavy atom. The van der Waals surface area contributed by atoms with Gasteiger partial charge in [-0.05, 0) is 36.8 Å². The lowest BCUT2D eigenvalue weighted by Crippen LogP contribution is -2.39. The van der Waals surface area contributed by atoms with Crippen LogP contribution in [0.1, 0.15) is 35.2 Å². The van der Waals surface area contributed by atoms with Gasteiger partial charge >= 0.3 is 0 Å². The minimum atomic E-state index is -0.180. The molecular formula is C19H19Cl2NO2.